The Morgan fingerprint density at radius 1 is 1.29 bits per heavy atom. The lowest BCUT2D eigenvalue weighted by atomic mass is 9.93. The Labute approximate surface area is 139 Å². The van der Waals surface area contributed by atoms with Crippen LogP contribution in [0.2, 0.25) is 0 Å². The summed E-state index contributed by atoms with van der Waals surface area (Å²) in [5.74, 6) is 0.110. The Kier molecular flexibility index (Phi) is 5.35. The summed E-state index contributed by atoms with van der Waals surface area (Å²) in [6.07, 6.45) is 0.568. The zero-order valence-electron chi connectivity index (χ0n) is 13.6. The molecule has 128 valence electrons. The van der Waals surface area contributed by atoms with Gasteiger partial charge in [-0.3, -0.25) is 10.1 Å². The zero-order chi connectivity index (χ0) is 17.7. The van der Waals surface area contributed by atoms with Crippen LogP contribution in [0.1, 0.15) is 12.5 Å². The van der Waals surface area contributed by atoms with Crippen molar-refractivity contribution in [1.82, 2.24) is 0 Å². The van der Waals surface area contributed by atoms with Crippen LogP contribution in [-0.4, -0.2) is 24.1 Å². The van der Waals surface area contributed by atoms with Crippen molar-refractivity contribution in [2.45, 2.75) is 18.9 Å². The fourth-order valence-corrected chi connectivity index (χ4v) is 2.37. The van der Waals surface area contributed by atoms with Gasteiger partial charge < -0.3 is 15.8 Å². The zero-order valence-corrected chi connectivity index (χ0v) is 13.6. The minimum atomic E-state index is -0.652. The lowest BCUT2D eigenvalue weighted by Crippen LogP contribution is -2.45. The van der Waals surface area contributed by atoms with Gasteiger partial charge >= 0.3 is 0 Å². The van der Waals surface area contributed by atoms with E-state index in [9.17, 15) is 14.5 Å². The van der Waals surface area contributed by atoms with Crippen molar-refractivity contribution in [3.63, 3.8) is 0 Å². The molecule has 2 rings (SSSR count). The molecule has 1 unspecified atom stereocenters. The number of methoxy groups -OCH3 is 1. The fraction of sp³-hybridized carbons (Fsp3) is 0.294. The van der Waals surface area contributed by atoms with Crippen LogP contribution in [0.5, 0.6) is 5.75 Å². The highest BCUT2D eigenvalue weighted by Gasteiger charge is 2.22. The van der Waals surface area contributed by atoms with Crippen molar-refractivity contribution in [3.8, 4) is 5.75 Å². The summed E-state index contributed by atoms with van der Waals surface area (Å²) in [6.45, 7) is 2.14. The maximum absolute atomic E-state index is 13.2. The minimum absolute atomic E-state index is 0.243. The van der Waals surface area contributed by atoms with Gasteiger partial charge in [-0.1, -0.05) is 12.1 Å². The lowest BCUT2D eigenvalue weighted by molar-refractivity contribution is -0.384. The van der Waals surface area contributed by atoms with E-state index in [1.54, 1.807) is 7.11 Å². The van der Waals surface area contributed by atoms with Gasteiger partial charge in [-0.15, -0.1) is 0 Å². The molecule has 0 aliphatic heterocycles. The summed E-state index contributed by atoms with van der Waals surface area (Å²) in [6, 6.07) is 10.9. The van der Waals surface area contributed by atoms with E-state index in [1.165, 1.54) is 12.1 Å². The van der Waals surface area contributed by atoms with E-state index in [0.717, 1.165) is 17.4 Å². The molecule has 2 aromatic rings. The number of nitro groups is 1. The SMILES string of the molecule is COc1ccc(CC(C)(N)CNc2ccc(F)cc2[N+](=O)[O-])cc1. The third kappa shape index (κ3) is 4.66. The number of halogens is 1. The van der Waals surface area contributed by atoms with Crippen molar-refractivity contribution < 1.29 is 14.1 Å². The predicted octanol–water partition coefficient (Wildman–Crippen LogP) is 3.11. The Hall–Kier alpha value is -2.67. The summed E-state index contributed by atoms with van der Waals surface area (Å²) < 4.78 is 18.3. The van der Waals surface area contributed by atoms with Gasteiger partial charge in [0, 0.05) is 12.1 Å². The van der Waals surface area contributed by atoms with Crippen molar-refractivity contribution in [2.24, 2.45) is 5.73 Å². The third-order valence-corrected chi connectivity index (χ3v) is 3.61. The molecule has 1 atom stereocenters. The quantitative estimate of drug-likeness (QED) is 0.600. The van der Waals surface area contributed by atoms with Crippen molar-refractivity contribution in [3.05, 3.63) is 64.0 Å². The van der Waals surface area contributed by atoms with E-state index in [-0.39, 0.29) is 11.4 Å². The van der Waals surface area contributed by atoms with Crippen LogP contribution < -0.4 is 15.8 Å². The summed E-state index contributed by atoms with van der Waals surface area (Å²) in [5, 5.41) is 14.0. The molecule has 2 aromatic carbocycles. The molecule has 0 amide bonds. The summed E-state index contributed by atoms with van der Waals surface area (Å²) in [4.78, 5) is 10.4. The molecule has 24 heavy (non-hydrogen) atoms. The Bertz CT molecular complexity index is 718. The molecule has 6 nitrogen and oxygen atoms in total. The van der Waals surface area contributed by atoms with E-state index in [4.69, 9.17) is 10.5 Å². The van der Waals surface area contributed by atoms with Crippen LogP contribution in [0.25, 0.3) is 0 Å². The molecular weight excluding hydrogens is 313 g/mol. The van der Waals surface area contributed by atoms with Crippen LogP contribution in [0.4, 0.5) is 15.8 Å². The number of nitrogens with zero attached hydrogens (tertiary/aromatic N) is 1. The smallest absolute Gasteiger partial charge is 0.295 e. The molecule has 0 aliphatic rings. The second kappa shape index (κ2) is 7.27. The number of hydrogen-bond acceptors (Lipinski definition) is 5. The first-order valence-corrected chi connectivity index (χ1v) is 7.40. The Balaban J connectivity index is 2.05. The molecule has 0 aliphatic carbocycles. The standard InChI is InChI=1S/C17H20FN3O3/c1-17(19,10-12-3-6-14(24-2)7-4-12)11-20-15-8-5-13(18)9-16(15)21(22)23/h3-9,20H,10-11,19H2,1-2H3. The van der Waals surface area contributed by atoms with Gasteiger partial charge in [-0.25, -0.2) is 4.39 Å². The van der Waals surface area contributed by atoms with Gasteiger partial charge in [-0.2, -0.15) is 0 Å². The summed E-state index contributed by atoms with van der Waals surface area (Å²) in [5.41, 5.74) is 6.60. The van der Waals surface area contributed by atoms with E-state index >= 15 is 0 Å². The molecule has 0 saturated heterocycles. The van der Waals surface area contributed by atoms with Crippen LogP contribution >= 0.6 is 0 Å². The molecule has 0 aromatic heterocycles. The average Bonchev–Trinajstić information content (AvgIpc) is 2.54. The topological polar surface area (TPSA) is 90.4 Å². The lowest BCUT2D eigenvalue weighted by Gasteiger charge is -2.25. The van der Waals surface area contributed by atoms with E-state index in [2.05, 4.69) is 5.32 Å². The summed E-state index contributed by atoms with van der Waals surface area (Å²) >= 11 is 0. The third-order valence-electron chi connectivity index (χ3n) is 3.61. The number of anilines is 1. The predicted molar refractivity (Wildman–Crippen MR) is 90.8 cm³/mol. The molecule has 7 heteroatoms. The number of nitro benzene ring substituents is 1. The molecule has 0 radical (unpaired) electrons. The Morgan fingerprint density at radius 3 is 2.54 bits per heavy atom. The first-order chi connectivity index (χ1) is 11.3. The van der Waals surface area contributed by atoms with Gasteiger partial charge in [0.25, 0.3) is 5.69 Å². The number of benzene rings is 2. The Morgan fingerprint density at radius 2 is 1.96 bits per heavy atom. The summed E-state index contributed by atoms with van der Waals surface area (Å²) in [7, 11) is 1.60. The number of ether oxygens (including phenoxy) is 1. The van der Waals surface area contributed by atoms with Gasteiger partial charge in [0.05, 0.1) is 18.1 Å². The number of nitrogens with two attached hydrogens (primary N) is 1. The van der Waals surface area contributed by atoms with Crippen molar-refractivity contribution in [2.75, 3.05) is 19.0 Å². The number of nitrogens with one attached hydrogen (secondary N) is 1. The number of hydrogen-bond donors (Lipinski definition) is 2. The largest absolute Gasteiger partial charge is 0.497 e. The first kappa shape index (κ1) is 17.7. The maximum Gasteiger partial charge on any atom is 0.295 e. The molecule has 0 saturated carbocycles. The molecule has 0 heterocycles. The molecule has 0 bridgehead atoms. The van der Waals surface area contributed by atoms with Gasteiger partial charge in [-0.05, 0) is 43.2 Å². The van der Waals surface area contributed by atoms with Crippen LogP contribution in [0, 0.1) is 15.9 Å². The van der Waals surface area contributed by atoms with Gasteiger partial charge in [0.15, 0.2) is 0 Å². The fourth-order valence-electron chi connectivity index (χ4n) is 2.37. The van der Waals surface area contributed by atoms with Gasteiger partial charge in [0.1, 0.15) is 17.3 Å². The van der Waals surface area contributed by atoms with Crippen molar-refractivity contribution >= 4 is 11.4 Å². The molecule has 0 spiro atoms. The van der Waals surface area contributed by atoms with Gasteiger partial charge in [0.2, 0.25) is 0 Å². The highest BCUT2D eigenvalue weighted by Crippen LogP contribution is 2.25. The highest BCUT2D eigenvalue weighted by atomic mass is 19.1. The molecular formula is C17H20FN3O3. The van der Waals surface area contributed by atoms with E-state index in [1.807, 2.05) is 31.2 Å². The normalized spacial score (nSPS) is 13.2. The van der Waals surface area contributed by atoms with Crippen LogP contribution in [-0.2, 0) is 6.42 Å². The van der Waals surface area contributed by atoms with E-state index in [0.29, 0.717) is 13.0 Å². The van der Waals surface area contributed by atoms with Crippen LogP contribution in [0.3, 0.4) is 0 Å². The average molecular weight is 333 g/mol. The molecule has 3 N–H and O–H groups in total. The van der Waals surface area contributed by atoms with Crippen LogP contribution in [0.15, 0.2) is 42.5 Å². The highest BCUT2D eigenvalue weighted by molar-refractivity contribution is 5.61. The molecule has 0 fully saturated rings. The second-order valence-corrected chi connectivity index (χ2v) is 5.95. The first-order valence-electron chi connectivity index (χ1n) is 7.40. The second-order valence-electron chi connectivity index (χ2n) is 5.95. The monoisotopic (exact) mass is 333 g/mol. The van der Waals surface area contributed by atoms with Crippen molar-refractivity contribution in [1.29, 1.82) is 0 Å². The maximum atomic E-state index is 13.2. The number of rotatable bonds is 7. The minimum Gasteiger partial charge on any atom is -0.497 e. The van der Waals surface area contributed by atoms with E-state index < -0.39 is 16.3 Å².